The Hall–Kier alpha value is -2.08. The molecule has 106 valence electrons. The fourth-order valence-electron chi connectivity index (χ4n) is 3.23. The normalized spacial score (nSPS) is 14.1. The van der Waals surface area contributed by atoms with E-state index in [1.54, 1.807) is 0 Å². The van der Waals surface area contributed by atoms with Crippen LogP contribution in [0.4, 0.5) is 0 Å². The van der Waals surface area contributed by atoms with Crippen LogP contribution in [0.25, 0.3) is 11.1 Å². The molecule has 1 aliphatic rings. The summed E-state index contributed by atoms with van der Waals surface area (Å²) in [6, 6.07) is 13.6. The summed E-state index contributed by atoms with van der Waals surface area (Å²) in [4.78, 5) is 0. The van der Waals surface area contributed by atoms with Crippen molar-refractivity contribution >= 4 is 11.1 Å². The van der Waals surface area contributed by atoms with Crippen LogP contribution < -0.4 is 0 Å². The highest BCUT2D eigenvalue weighted by Crippen LogP contribution is 2.33. The van der Waals surface area contributed by atoms with Crippen molar-refractivity contribution in [3.8, 4) is 0 Å². The zero-order valence-corrected chi connectivity index (χ0v) is 13.3. The number of hydrogen-bond donors (Lipinski definition) is 0. The maximum absolute atomic E-state index is 2.35. The molecule has 0 heterocycles. The molecule has 0 bridgehead atoms. The van der Waals surface area contributed by atoms with E-state index in [2.05, 4.69) is 76.2 Å². The molecule has 0 spiro atoms. The van der Waals surface area contributed by atoms with Crippen molar-refractivity contribution in [1.82, 2.24) is 0 Å². The molecule has 0 unspecified atom stereocenters. The maximum atomic E-state index is 2.35. The van der Waals surface area contributed by atoms with Crippen molar-refractivity contribution in [2.45, 2.75) is 34.1 Å². The zero-order valence-electron chi connectivity index (χ0n) is 13.3. The van der Waals surface area contributed by atoms with E-state index in [1.165, 1.54) is 44.5 Å². The average molecular weight is 274 g/mol. The summed E-state index contributed by atoms with van der Waals surface area (Å²) >= 11 is 0. The van der Waals surface area contributed by atoms with Crippen molar-refractivity contribution < 1.29 is 0 Å². The summed E-state index contributed by atoms with van der Waals surface area (Å²) in [7, 11) is 0. The lowest BCUT2D eigenvalue weighted by Gasteiger charge is -2.06. The van der Waals surface area contributed by atoms with Crippen LogP contribution in [-0.2, 0) is 0 Å². The fraction of sp³-hybridized carbons (Fsp3) is 0.238. The van der Waals surface area contributed by atoms with Gasteiger partial charge in [-0.05, 0) is 56.4 Å². The Morgan fingerprint density at radius 1 is 0.619 bits per heavy atom. The van der Waals surface area contributed by atoms with Crippen LogP contribution in [0.15, 0.2) is 48.6 Å². The molecule has 0 heteroatoms. The van der Waals surface area contributed by atoms with Crippen LogP contribution in [0, 0.1) is 27.7 Å². The highest BCUT2D eigenvalue weighted by atomic mass is 14.2. The molecule has 21 heavy (non-hydrogen) atoms. The lowest BCUT2D eigenvalue weighted by Crippen LogP contribution is -1.86. The first-order chi connectivity index (χ1) is 10.0. The quantitative estimate of drug-likeness (QED) is 0.650. The molecule has 0 amide bonds. The summed E-state index contributed by atoms with van der Waals surface area (Å²) < 4.78 is 0. The van der Waals surface area contributed by atoms with Gasteiger partial charge < -0.3 is 0 Å². The molecule has 0 nitrogen and oxygen atoms in total. The SMILES string of the molecule is Cc1cc(C)cc(C2=CCC(c3cc(C)cc(C)c3)=C2)c1. The Bertz CT molecular complexity index is 717. The third-order valence-electron chi connectivity index (χ3n) is 4.02. The van der Waals surface area contributed by atoms with Gasteiger partial charge in [-0.15, -0.1) is 0 Å². The Labute approximate surface area is 127 Å². The fourth-order valence-corrected chi connectivity index (χ4v) is 3.23. The number of allylic oxidation sites excluding steroid dienone is 4. The summed E-state index contributed by atoms with van der Waals surface area (Å²) in [5.74, 6) is 0. The van der Waals surface area contributed by atoms with Gasteiger partial charge in [-0.2, -0.15) is 0 Å². The number of aryl methyl sites for hydroxylation is 4. The minimum atomic E-state index is 1.03. The second-order valence-corrected chi connectivity index (χ2v) is 6.29. The lowest BCUT2D eigenvalue weighted by atomic mass is 9.99. The molecule has 0 N–H and O–H groups in total. The van der Waals surface area contributed by atoms with Gasteiger partial charge in [0, 0.05) is 0 Å². The van der Waals surface area contributed by atoms with E-state index in [0.717, 1.165) is 6.42 Å². The van der Waals surface area contributed by atoms with E-state index < -0.39 is 0 Å². The molecule has 2 aromatic carbocycles. The number of rotatable bonds is 2. The van der Waals surface area contributed by atoms with E-state index in [1.807, 2.05) is 0 Å². The molecular weight excluding hydrogens is 252 g/mol. The van der Waals surface area contributed by atoms with Crippen molar-refractivity contribution in [2.75, 3.05) is 0 Å². The minimum Gasteiger partial charge on any atom is -0.0722 e. The molecule has 0 aromatic heterocycles. The van der Waals surface area contributed by atoms with Crippen molar-refractivity contribution in [3.63, 3.8) is 0 Å². The van der Waals surface area contributed by atoms with Gasteiger partial charge in [0.15, 0.2) is 0 Å². The first-order valence-electron chi connectivity index (χ1n) is 7.59. The molecule has 0 saturated carbocycles. The number of hydrogen-bond acceptors (Lipinski definition) is 0. The van der Waals surface area contributed by atoms with E-state index in [9.17, 15) is 0 Å². The van der Waals surface area contributed by atoms with E-state index >= 15 is 0 Å². The van der Waals surface area contributed by atoms with Crippen LogP contribution in [-0.4, -0.2) is 0 Å². The molecule has 0 aliphatic heterocycles. The molecular formula is C21H22. The highest BCUT2D eigenvalue weighted by Gasteiger charge is 2.11. The monoisotopic (exact) mass is 274 g/mol. The van der Waals surface area contributed by atoms with E-state index in [-0.39, 0.29) is 0 Å². The van der Waals surface area contributed by atoms with Crippen molar-refractivity contribution in [3.05, 3.63) is 81.9 Å². The molecule has 0 atom stereocenters. The smallest absolute Gasteiger partial charge is 0.00821 e. The van der Waals surface area contributed by atoms with Gasteiger partial charge >= 0.3 is 0 Å². The summed E-state index contributed by atoms with van der Waals surface area (Å²) in [6.07, 6.45) is 5.73. The van der Waals surface area contributed by atoms with Crippen LogP contribution in [0.5, 0.6) is 0 Å². The maximum Gasteiger partial charge on any atom is -0.00821 e. The predicted molar refractivity (Wildman–Crippen MR) is 92.4 cm³/mol. The molecule has 3 rings (SSSR count). The van der Waals surface area contributed by atoms with Gasteiger partial charge in [0.05, 0.1) is 0 Å². The lowest BCUT2D eigenvalue weighted by molar-refractivity contribution is 1.34. The van der Waals surface area contributed by atoms with Crippen LogP contribution >= 0.6 is 0 Å². The molecule has 1 aliphatic carbocycles. The van der Waals surface area contributed by atoms with E-state index in [0.29, 0.717) is 0 Å². The Morgan fingerprint density at radius 3 is 1.62 bits per heavy atom. The second-order valence-electron chi connectivity index (χ2n) is 6.29. The van der Waals surface area contributed by atoms with Crippen molar-refractivity contribution in [1.29, 1.82) is 0 Å². The first kappa shape index (κ1) is 13.9. The third-order valence-corrected chi connectivity index (χ3v) is 4.02. The molecule has 0 fully saturated rings. The minimum absolute atomic E-state index is 1.03. The topological polar surface area (TPSA) is 0 Å². The largest absolute Gasteiger partial charge is 0.0722 e. The summed E-state index contributed by atoms with van der Waals surface area (Å²) in [5, 5.41) is 0. The van der Waals surface area contributed by atoms with Crippen molar-refractivity contribution in [2.24, 2.45) is 0 Å². The Morgan fingerprint density at radius 2 is 1.10 bits per heavy atom. The van der Waals surface area contributed by atoms with Gasteiger partial charge in [0.2, 0.25) is 0 Å². The predicted octanol–water partition coefficient (Wildman–Crippen LogP) is 5.79. The Balaban J connectivity index is 1.96. The Kier molecular flexibility index (Phi) is 3.55. The van der Waals surface area contributed by atoms with Crippen LogP contribution in [0.2, 0.25) is 0 Å². The van der Waals surface area contributed by atoms with Gasteiger partial charge in [0.25, 0.3) is 0 Å². The summed E-state index contributed by atoms with van der Waals surface area (Å²) in [5.41, 5.74) is 10.8. The van der Waals surface area contributed by atoms with Gasteiger partial charge in [-0.1, -0.05) is 70.8 Å². The molecule has 0 saturated heterocycles. The third kappa shape index (κ3) is 3.00. The van der Waals surface area contributed by atoms with Gasteiger partial charge in [-0.3, -0.25) is 0 Å². The van der Waals surface area contributed by atoms with Gasteiger partial charge in [-0.25, -0.2) is 0 Å². The number of benzene rings is 2. The van der Waals surface area contributed by atoms with E-state index in [4.69, 9.17) is 0 Å². The highest BCUT2D eigenvalue weighted by molar-refractivity contribution is 5.89. The summed E-state index contributed by atoms with van der Waals surface area (Å²) in [6.45, 7) is 8.68. The van der Waals surface area contributed by atoms with Crippen LogP contribution in [0.1, 0.15) is 39.8 Å². The first-order valence-corrected chi connectivity index (χ1v) is 7.59. The average Bonchev–Trinajstić information content (AvgIpc) is 2.85. The molecule has 0 radical (unpaired) electrons. The standard InChI is InChI=1S/C21H22/c1-14-7-15(2)10-20(9-14)18-5-6-19(13-18)21-11-16(3)8-17(4)12-21/h5,7-13H,6H2,1-4H3. The van der Waals surface area contributed by atoms with Gasteiger partial charge in [0.1, 0.15) is 0 Å². The zero-order chi connectivity index (χ0) is 15.0. The second kappa shape index (κ2) is 5.37. The van der Waals surface area contributed by atoms with Crippen LogP contribution in [0.3, 0.4) is 0 Å². The molecule has 2 aromatic rings.